The van der Waals surface area contributed by atoms with Crippen LogP contribution in [0.3, 0.4) is 0 Å². The number of benzene rings is 6. The smallest absolute Gasteiger partial charge is 0.135 e. The molecule has 0 spiro atoms. The van der Waals surface area contributed by atoms with Gasteiger partial charge in [-0.1, -0.05) is 0 Å². The highest BCUT2D eigenvalue weighted by atomic mass is 16.5. The summed E-state index contributed by atoms with van der Waals surface area (Å²) in [6.07, 6.45) is 0. The second-order valence-corrected chi connectivity index (χ2v) is 10.0. The molecule has 0 aliphatic heterocycles. The van der Waals surface area contributed by atoms with E-state index < -0.39 is 0 Å². The maximum atomic E-state index is 6.35. The van der Waals surface area contributed by atoms with Crippen LogP contribution in [0.4, 0.5) is 22.7 Å². The Kier molecular flexibility index (Phi) is 7.79. The van der Waals surface area contributed by atoms with Gasteiger partial charge in [-0.15, -0.1) is 0 Å². The lowest BCUT2D eigenvalue weighted by molar-refractivity contribution is 0.460. The fourth-order valence-electron chi connectivity index (χ4n) is 4.41. The van der Waals surface area contributed by atoms with E-state index in [0.717, 1.165) is 11.1 Å². The molecule has 8 N–H and O–H groups in total. The molecule has 44 heavy (non-hydrogen) atoms. The lowest BCUT2D eigenvalue weighted by atomic mass is 10.0. The van der Waals surface area contributed by atoms with E-state index in [1.54, 1.807) is 72.8 Å². The Labute approximate surface area is 255 Å². The molecule has 0 unspecified atom stereocenters. The summed E-state index contributed by atoms with van der Waals surface area (Å²) >= 11 is 0. The molecule has 0 radical (unpaired) electrons. The molecule has 6 rings (SSSR count). The highest BCUT2D eigenvalue weighted by Crippen LogP contribution is 2.42. The molecule has 8 heteroatoms. The number of nitrogens with two attached hydrogens (primary N) is 4. The first-order valence-electron chi connectivity index (χ1n) is 13.8. The number of hydrogen-bond acceptors (Lipinski definition) is 8. The van der Waals surface area contributed by atoms with Gasteiger partial charge < -0.3 is 41.9 Å². The minimum absolute atomic E-state index is 0.543. The van der Waals surface area contributed by atoms with Crippen LogP contribution < -0.4 is 41.9 Å². The van der Waals surface area contributed by atoms with Gasteiger partial charge in [0.1, 0.15) is 46.0 Å². The van der Waals surface area contributed by atoms with Crippen LogP contribution in [0.5, 0.6) is 46.0 Å². The van der Waals surface area contributed by atoms with E-state index in [4.69, 9.17) is 41.9 Å². The van der Waals surface area contributed by atoms with E-state index in [1.165, 1.54) is 0 Å². The van der Waals surface area contributed by atoms with Crippen molar-refractivity contribution in [3.63, 3.8) is 0 Å². The van der Waals surface area contributed by atoms with E-state index in [1.807, 2.05) is 60.7 Å². The minimum atomic E-state index is 0.543. The van der Waals surface area contributed by atoms with Gasteiger partial charge in [0.25, 0.3) is 0 Å². The van der Waals surface area contributed by atoms with Crippen molar-refractivity contribution in [2.24, 2.45) is 0 Å². The van der Waals surface area contributed by atoms with E-state index in [2.05, 4.69) is 0 Å². The van der Waals surface area contributed by atoms with Gasteiger partial charge in [0.15, 0.2) is 0 Å². The fourth-order valence-corrected chi connectivity index (χ4v) is 4.41. The SMILES string of the molecule is Nc1ccc(Oc2cc(Oc3ccc(N)cc3)cc(-c3cc(Oc4ccc(N)cc4)ccc3Oc3ccc(N)cc3)c2)cc1. The van der Waals surface area contributed by atoms with E-state index in [9.17, 15) is 0 Å². The lowest BCUT2D eigenvalue weighted by Gasteiger charge is -2.17. The molecule has 0 fully saturated rings. The van der Waals surface area contributed by atoms with E-state index in [0.29, 0.717) is 68.7 Å². The standard InChI is InChI=1S/C36H30N4O4/c37-24-1-9-28(10-2-24)41-32-17-18-36(44-31-15-7-27(40)8-16-31)35(22-32)23-19-33(42-29-11-3-25(38)4-12-29)21-34(20-23)43-30-13-5-26(39)6-14-30/h1-22H,37-40H2. The van der Waals surface area contributed by atoms with Crippen molar-refractivity contribution >= 4 is 22.7 Å². The topological polar surface area (TPSA) is 141 Å². The van der Waals surface area contributed by atoms with Crippen molar-refractivity contribution in [1.82, 2.24) is 0 Å². The van der Waals surface area contributed by atoms with Crippen molar-refractivity contribution in [2.75, 3.05) is 22.9 Å². The maximum absolute atomic E-state index is 6.35. The molecule has 0 aliphatic carbocycles. The molecule has 0 aromatic heterocycles. The Morgan fingerprint density at radius 2 is 0.636 bits per heavy atom. The second kappa shape index (κ2) is 12.3. The lowest BCUT2D eigenvalue weighted by Crippen LogP contribution is -1.94. The van der Waals surface area contributed by atoms with Crippen molar-refractivity contribution in [2.45, 2.75) is 0 Å². The molecule has 6 aromatic rings. The highest BCUT2D eigenvalue weighted by Gasteiger charge is 2.15. The van der Waals surface area contributed by atoms with Crippen LogP contribution >= 0.6 is 0 Å². The zero-order chi connectivity index (χ0) is 30.5. The molecule has 6 aromatic carbocycles. The summed E-state index contributed by atoms with van der Waals surface area (Å²) in [7, 11) is 0. The van der Waals surface area contributed by atoms with E-state index in [-0.39, 0.29) is 0 Å². The molecule has 0 heterocycles. The van der Waals surface area contributed by atoms with Crippen molar-refractivity contribution in [3.8, 4) is 57.1 Å². The molecule has 218 valence electrons. The summed E-state index contributed by atoms with van der Waals surface area (Å²) in [6.45, 7) is 0. The molecule has 8 nitrogen and oxygen atoms in total. The van der Waals surface area contributed by atoms with Crippen LogP contribution in [0, 0.1) is 0 Å². The van der Waals surface area contributed by atoms with Crippen molar-refractivity contribution in [1.29, 1.82) is 0 Å². The summed E-state index contributed by atoms with van der Waals surface area (Å²) in [5.41, 5.74) is 27.6. The Balaban J connectivity index is 1.44. The summed E-state index contributed by atoms with van der Waals surface area (Å²) < 4.78 is 25.0. The molecule has 0 bridgehead atoms. The van der Waals surface area contributed by atoms with E-state index >= 15 is 0 Å². The number of rotatable bonds is 9. The predicted molar refractivity (Wildman–Crippen MR) is 176 cm³/mol. The summed E-state index contributed by atoms with van der Waals surface area (Å²) in [5, 5.41) is 0. The predicted octanol–water partition coefficient (Wildman–Crippen LogP) is 8.85. The zero-order valence-corrected chi connectivity index (χ0v) is 23.6. The first-order chi connectivity index (χ1) is 21.4. The van der Waals surface area contributed by atoms with Gasteiger partial charge in [0.05, 0.1) is 0 Å². The third kappa shape index (κ3) is 6.95. The molecule has 0 saturated heterocycles. The van der Waals surface area contributed by atoms with Gasteiger partial charge in [-0.3, -0.25) is 0 Å². The molecule has 0 aliphatic rings. The molecule has 0 atom stereocenters. The summed E-state index contributed by atoms with van der Waals surface area (Å²) in [4.78, 5) is 0. The van der Waals surface area contributed by atoms with Crippen LogP contribution in [0.1, 0.15) is 0 Å². The molecular weight excluding hydrogens is 552 g/mol. The fraction of sp³-hybridized carbons (Fsp3) is 0. The number of anilines is 4. The minimum Gasteiger partial charge on any atom is -0.457 e. The molecule has 0 amide bonds. The third-order valence-corrected chi connectivity index (χ3v) is 6.60. The average molecular weight is 583 g/mol. The Hall–Kier alpha value is -6.28. The largest absolute Gasteiger partial charge is 0.457 e. The average Bonchev–Trinajstić information content (AvgIpc) is 3.02. The zero-order valence-electron chi connectivity index (χ0n) is 23.6. The van der Waals surface area contributed by atoms with Crippen LogP contribution in [-0.4, -0.2) is 0 Å². The van der Waals surface area contributed by atoms with Crippen LogP contribution in [0.2, 0.25) is 0 Å². The first-order valence-corrected chi connectivity index (χ1v) is 13.8. The first kappa shape index (κ1) is 27.9. The van der Waals surface area contributed by atoms with Crippen molar-refractivity contribution in [3.05, 3.63) is 133 Å². The van der Waals surface area contributed by atoms with Gasteiger partial charge in [-0.2, -0.15) is 0 Å². The Morgan fingerprint density at radius 3 is 1.05 bits per heavy atom. The molecule has 0 saturated carbocycles. The van der Waals surface area contributed by atoms with Gasteiger partial charge in [0.2, 0.25) is 0 Å². The van der Waals surface area contributed by atoms with Gasteiger partial charge >= 0.3 is 0 Å². The second-order valence-electron chi connectivity index (χ2n) is 10.0. The normalized spacial score (nSPS) is 10.6. The Morgan fingerprint density at radius 1 is 0.295 bits per heavy atom. The van der Waals surface area contributed by atoms with Gasteiger partial charge in [0, 0.05) is 34.4 Å². The van der Waals surface area contributed by atoms with Crippen molar-refractivity contribution < 1.29 is 18.9 Å². The van der Waals surface area contributed by atoms with Crippen LogP contribution in [0.15, 0.2) is 133 Å². The number of nitrogen functional groups attached to an aromatic ring is 4. The highest BCUT2D eigenvalue weighted by molar-refractivity contribution is 5.75. The van der Waals surface area contributed by atoms with Gasteiger partial charge in [-0.25, -0.2) is 0 Å². The number of ether oxygens (including phenoxy) is 4. The summed E-state index contributed by atoms with van der Waals surface area (Å²) in [5.74, 6) is 4.78. The Bertz CT molecular complexity index is 1810. The third-order valence-electron chi connectivity index (χ3n) is 6.60. The molecular formula is C36H30N4O4. The summed E-state index contributed by atoms with van der Waals surface area (Å²) in [6, 6.07) is 40.0. The number of hydrogen-bond donors (Lipinski definition) is 4. The monoisotopic (exact) mass is 582 g/mol. The van der Waals surface area contributed by atoms with Gasteiger partial charge in [-0.05, 0) is 133 Å². The maximum Gasteiger partial charge on any atom is 0.135 e. The van der Waals surface area contributed by atoms with Crippen LogP contribution in [-0.2, 0) is 0 Å². The quantitative estimate of drug-likeness (QED) is 0.124. The van der Waals surface area contributed by atoms with Crippen LogP contribution in [0.25, 0.3) is 11.1 Å².